The molecule has 3 saturated heterocycles. The van der Waals surface area contributed by atoms with Crippen LogP contribution in [0.15, 0.2) is 11.3 Å². The van der Waals surface area contributed by atoms with Crippen LogP contribution in [0.5, 0.6) is 0 Å². The number of fused-ring (bicyclic) bond motifs is 2. The maximum atomic E-state index is 14.1. The minimum Gasteiger partial charge on any atom is -0.488 e. The Morgan fingerprint density at radius 1 is 1.00 bits per heavy atom. The highest BCUT2D eigenvalue weighted by Gasteiger charge is 2.56. The Bertz CT molecular complexity index is 1260. The average molecular weight is 714 g/mol. The standard InChI is InChI=1S/C37H63NO12/c1-14-25-37(10,43)30(40)20(4)28-18(2)16-36(9,50-28)32(49-34-27(39)24(38(11)12)15-19(3)45-34)21(5)29(22(6)33(42)47-25)48-26-17-35(8,44-13)31(41)23(7)46-26/h19-27,29,31-32,34,39,41,43H,14-17H2,1-13H3/t19-,20+,21+,22-,23+,24+,25-,26+,27-,29+,31+,32-,34+,35-,36-,37-/m1/s1. The molecule has 0 aromatic rings. The van der Waals surface area contributed by atoms with Gasteiger partial charge in [0.05, 0.1) is 35.7 Å². The van der Waals surface area contributed by atoms with E-state index in [1.165, 1.54) is 14.0 Å². The van der Waals surface area contributed by atoms with Gasteiger partial charge in [-0.05, 0) is 87.9 Å². The fourth-order valence-corrected chi connectivity index (χ4v) is 8.56. The molecule has 288 valence electrons. The van der Waals surface area contributed by atoms with Crippen LogP contribution in [0.3, 0.4) is 0 Å². The molecule has 50 heavy (non-hydrogen) atoms. The van der Waals surface area contributed by atoms with Gasteiger partial charge in [0.1, 0.15) is 35.8 Å². The zero-order valence-electron chi connectivity index (χ0n) is 32.3. The number of nitrogens with zero attached hydrogens (tertiary/aromatic N) is 1. The number of likely N-dealkylation sites (N-methyl/N-ethyl adjacent to an activating group) is 1. The summed E-state index contributed by atoms with van der Waals surface area (Å²) >= 11 is 0. The molecule has 13 heteroatoms. The van der Waals surface area contributed by atoms with Crippen molar-refractivity contribution in [3.8, 4) is 0 Å². The predicted molar refractivity (Wildman–Crippen MR) is 183 cm³/mol. The molecule has 0 radical (unpaired) electrons. The van der Waals surface area contributed by atoms with Gasteiger partial charge in [0.25, 0.3) is 0 Å². The molecule has 0 saturated carbocycles. The summed E-state index contributed by atoms with van der Waals surface area (Å²) in [6.07, 6.45) is -6.40. The molecule has 0 amide bonds. The van der Waals surface area contributed by atoms with E-state index in [1.54, 1.807) is 34.6 Å². The quantitative estimate of drug-likeness (QED) is 0.331. The Balaban J connectivity index is 1.84. The van der Waals surface area contributed by atoms with E-state index < -0.39 is 95.5 Å². The highest BCUT2D eigenvalue weighted by Crippen LogP contribution is 2.47. The first kappa shape index (κ1) is 41.1. The van der Waals surface area contributed by atoms with E-state index in [9.17, 15) is 24.9 Å². The first-order valence-corrected chi connectivity index (χ1v) is 18.2. The highest BCUT2D eigenvalue weighted by atomic mass is 16.7. The lowest BCUT2D eigenvalue weighted by molar-refractivity contribution is -0.316. The number of hydrogen-bond donors (Lipinski definition) is 3. The number of ketones is 1. The van der Waals surface area contributed by atoms with Gasteiger partial charge in [0.15, 0.2) is 24.0 Å². The van der Waals surface area contributed by atoms with E-state index in [1.807, 2.05) is 46.7 Å². The second-order valence-electron chi connectivity index (χ2n) is 16.1. The smallest absolute Gasteiger partial charge is 0.311 e. The Morgan fingerprint density at radius 3 is 2.22 bits per heavy atom. The molecule has 4 aliphatic rings. The van der Waals surface area contributed by atoms with Crippen LogP contribution >= 0.6 is 0 Å². The molecule has 13 nitrogen and oxygen atoms in total. The van der Waals surface area contributed by atoms with Crippen molar-refractivity contribution in [3.63, 3.8) is 0 Å². The Morgan fingerprint density at radius 2 is 1.64 bits per heavy atom. The van der Waals surface area contributed by atoms with Gasteiger partial charge < -0.3 is 53.4 Å². The van der Waals surface area contributed by atoms with Crippen molar-refractivity contribution in [1.29, 1.82) is 0 Å². The first-order chi connectivity index (χ1) is 23.1. The molecule has 4 rings (SSSR count). The number of esters is 1. The number of cyclic esters (lactones) is 1. The van der Waals surface area contributed by atoms with E-state index in [0.717, 1.165) is 5.57 Å². The van der Waals surface area contributed by atoms with Crippen molar-refractivity contribution in [2.75, 3.05) is 21.2 Å². The van der Waals surface area contributed by atoms with Crippen LogP contribution in [0.4, 0.5) is 0 Å². The van der Waals surface area contributed by atoms with Crippen molar-refractivity contribution in [3.05, 3.63) is 11.3 Å². The van der Waals surface area contributed by atoms with Gasteiger partial charge in [-0.15, -0.1) is 0 Å². The van der Waals surface area contributed by atoms with Crippen LogP contribution in [0, 0.1) is 17.8 Å². The summed E-state index contributed by atoms with van der Waals surface area (Å²) in [6.45, 7) is 17.6. The number of ether oxygens (including phenoxy) is 7. The Kier molecular flexibility index (Phi) is 12.6. The number of aliphatic hydroxyl groups excluding tert-OH is 2. The number of methoxy groups -OCH3 is 1. The zero-order chi connectivity index (χ0) is 37.7. The van der Waals surface area contributed by atoms with Crippen LogP contribution in [-0.2, 0) is 42.7 Å². The molecule has 0 aromatic carbocycles. The third-order valence-corrected chi connectivity index (χ3v) is 11.7. The number of allylic oxidation sites excluding steroid dienone is 1. The maximum Gasteiger partial charge on any atom is 0.311 e. The zero-order valence-corrected chi connectivity index (χ0v) is 32.3. The lowest BCUT2D eigenvalue weighted by atomic mass is 9.79. The monoisotopic (exact) mass is 713 g/mol. The Hall–Kier alpha value is -1.68. The molecule has 3 N–H and O–H groups in total. The lowest BCUT2D eigenvalue weighted by Crippen LogP contribution is -2.60. The summed E-state index contributed by atoms with van der Waals surface area (Å²) < 4.78 is 44.4. The fourth-order valence-electron chi connectivity index (χ4n) is 8.56. The van der Waals surface area contributed by atoms with Gasteiger partial charge in [-0.3, -0.25) is 9.59 Å². The second-order valence-corrected chi connectivity index (χ2v) is 16.1. The SMILES string of the molecule is CC[C@H]1OC(=O)[C@H](C)[C@@H](O[C@H]2C[C@@](C)(OC)[C@@H](O)[C@H](C)O2)[C@H](C)[C@@H](O[C@@H]2O[C@H](C)C[C@H](N(C)C)[C@H]2O)[C@@]2(C)CC(C)=C(O2)[C@H](C)C(=O)[C@]1(C)O. The van der Waals surface area contributed by atoms with E-state index in [4.69, 9.17) is 33.2 Å². The summed E-state index contributed by atoms with van der Waals surface area (Å²) in [7, 11) is 5.32. The molecule has 4 heterocycles. The minimum absolute atomic E-state index is 0.162. The molecule has 4 aliphatic heterocycles. The van der Waals surface area contributed by atoms with Gasteiger partial charge in [-0.2, -0.15) is 0 Å². The molecule has 16 atom stereocenters. The fraction of sp³-hybridized carbons (Fsp3) is 0.892. The molecule has 0 aliphatic carbocycles. The third-order valence-electron chi connectivity index (χ3n) is 11.7. The van der Waals surface area contributed by atoms with Crippen LogP contribution in [-0.4, -0.2) is 131 Å². The summed E-state index contributed by atoms with van der Waals surface area (Å²) in [4.78, 5) is 30.0. The van der Waals surface area contributed by atoms with Crippen molar-refractivity contribution in [1.82, 2.24) is 4.90 Å². The number of aliphatic hydroxyl groups is 3. The molecule has 0 spiro atoms. The van der Waals surface area contributed by atoms with Crippen LogP contribution in [0.2, 0.25) is 0 Å². The van der Waals surface area contributed by atoms with Gasteiger partial charge in [-0.1, -0.05) is 13.8 Å². The Labute approximate surface area is 297 Å². The van der Waals surface area contributed by atoms with Gasteiger partial charge in [0, 0.05) is 31.9 Å². The van der Waals surface area contributed by atoms with Crippen LogP contribution < -0.4 is 0 Å². The second kappa shape index (κ2) is 15.4. The molecule has 2 bridgehead atoms. The topological polar surface area (TPSA) is 163 Å². The molecule has 0 unspecified atom stereocenters. The van der Waals surface area contributed by atoms with Crippen molar-refractivity contribution in [2.45, 2.75) is 173 Å². The normalized spacial score (nSPS) is 48.1. The van der Waals surface area contributed by atoms with Gasteiger partial charge >= 0.3 is 5.97 Å². The summed E-state index contributed by atoms with van der Waals surface area (Å²) in [5, 5.41) is 34.1. The summed E-state index contributed by atoms with van der Waals surface area (Å²) in [6, 6.07) is -0.247. The molecular formula is C37H63NO12. The van der Waals surface area contributed by atoms with E-state index in [0.29, 0.717) is 18.6 Å². The predicted octanol–water partition coefficient (Wildman–Crippen LogP) is 3.10. The number of carbonyl (C=O) groups excluding carboxylic acids is 2. The lowest BCUT2D eigenvalue weighted by Gasteiger charge is -2.48. The molecular weight excluding hydrogens is 650 g/mol. The first-order valence-electron chi connectivity index (χ1n) is 18.2. The third kappa shape index (κ3) is 7.82. The van der Waals surface area contributed by atoms with Crippen molar-refractivity contribution in [2.24, 2.45) is 17.8 Å². The highest BCUT2D eigenvalue weighted by molar-refractivity contribution is 5.91. The largest absolute Gasteiger partial charge is 0.488 e. The van der Waals surface area contributed by atoms with Crippen LogP contribution in [0.25, 0.3) is 0 Å². The minimum atomic E-state index is -2.01. The summed E-state index contributed by atoms with van der Waals surface area (Å²) in [5.74, 6) is -3.23. The van der Waals surface area contributed by atoms with Crippen molar-refractivity contribution >= 4 is 11.8 Å². The molecule has 0 aromatic heterocycles. The van der Waals surface area contributed by atoms with Crippen LogP contribution in [0.1, 0.15) is 94.9 Å². The number of Topliss-reactive ketones (excluding diaryl/α,β-unsaturated/α-hetero) is 1. The van der Waals surface area contributed by atoms with E-state index in [-0.39, 0.29) is 25.0 Å². The van der Waals surface area contributed by atoms with E-state index >= 15 is 0 Å². The van der Waals surface area contributed by atoms with Crippen molar-refractivity contribution < 1.29 is 58.1 Å². The number of carbonyl (C=O) groups is 2. The summed E-state index contributed by atoms with van der Waals surface area (Å²) in [5.41, 5.74) is -3.31. The maximum absolute atomic E-state index is 14.1. The average Bonchev–Trinajstić information content (AvgIpc) is 3.37. The van der Waals surface area contributed by atoms with E-state index in [2.05, 4.69) is 0 Å². The number of hydrogen-bond acceptors (Lipinski definition) is 13. The van der Waals surface area contributed by atoms with Gasteiger partial charge in [-0.25, -0.2) is 0 Å². The number of rotatable bonds is 7. The molecule has 3 fully saturated rings. The van der Waals surface area contributed by atoms with Gasteiger partial charge in [0.2, 0.25) is 0 Å².